The Labute approximate surface area is 105 Å². The fraction of sp³-hybridized carbons (Fsp3) is 0.455. The smallest absolute Gasteiger partial charge is 0.232 e. The van der Waals surface area contributed by atoms with Crippen molar-refractivity contribution in [2.45, 2.75) is 24.7 Å². The number of anilines is 1. The highest BCUT2D eigenvalue weighted by molar-refractivity contribution is 9.08. The Morgan fingerprint density at radius 3 is 2.75 bits per heavy atom. The molecule has 0 aliphatic carbocycles. The summed E-state index contributed by atoms with van der Waals surface area (Å²) < 4.78 is 24.9. The van der Waals surface area contributed by atoms with Gasteiger partial charge in [0.05, 0.1) is 11.9 Å². The molecule has 0 N–H and O–H groups in total. The quantitative estimate of drug-likeness (QED) is 0.786. The summed E-state index contributed by atoms with van der Waals surface area (Å²) in [4.78, 5) is 0. The standard InChI is InChI=1S/C11H14BrNO2S/c1-8-5-10-6-9(7-12)3-4-11(10)13(8)16(2,14)15/h3-4,6,8H,5,7H2,1-2H3. The van der Waals surface area contributed by atoms with Crippen LogP contribution in [0.2, 0.25) is 0 Å². The summed E-state index contributed by atoms with van der Waals surface area (Å²) in [6.45, 7) is 1.94. The third-order valence-corrected chi connectivity index (χ3v) is 4.73. The summed E-state index contributed by atoms with van der Waals surface area (Å²) in [7, 11) is -3.16. The lowest BCUT2D eigenvalue weighted by Crippen LogP contribution is -2.34. The second-order valence-corrected chi connectivity index (χ2v) is 6.63. The molecule has 0 amide bonds. The monoisotopic (exact) mass is 303 g/mol. The number of halogens is 1. The van der Waals surface area contributed by atoms with Crippen LogP contribution in [0.4, 0.5) is 5.69 Å². The van der Waals surface area contributed by atoms with Crippen molar-refractivity contribution in [3.63, 3.8) is 0 Å². The van der Waals surface area contributed by atoms with E-state index in [9.17, 15) is 8.42 Å². The van der Waals surface area contributed by atoms with Gasteiger partial charge in [0.2, 0.25) is 10.0 Å². The first-order valence-corrected chi connectivity index (χ1v) is 8.07. The minimum atomic E-state index is -3.16. The lowest BCUT2D eigenvalue weighted by molar-refractivity contribution is 0.590. The fourth-order valence-electron chi connectivity index (χ4n) is 2.24. The van der Waals surface area contributed by atoms with E-state index in [1.807, 2.05) is 19.1 Å². The summed E-state index contributed by atoms with van der Waals surface area (Å²) in [5, 5.41) is 0.799. The van der Waals surface area contributed by atoms with Crippen LogP contribution in [0.15, 0.2) is 18.2 Å². The van der Waals surface area contributed by atoms with Gasteiger partial charge in [-0.05, 0) is 30.5 Å². The van der Waals surface area contributed by atoms with Gasteiger partial charge in [0.1, 0.15) is 0 Å². The van der Waals surface area contributed by atoms with Gasteiger partial charge < -0.3 is 0 Å². The van der Waals surface area contributed by atoms with Gasteiger partial charge in [0, 0.05) is 11.4 Å². The van der Waals surface area contributed by atoms with Gasteiger partial charge >= 0.3 is 0 Å². The number of hydrogen-bond acceptors (Lipinski definition) is 2. The second-order valence-electron chi connectivity index (χ2n) is 4.21. The van der Waals surface area contributed by atoms with E-state index in [0.717, 1.165) is 23.0 Å². The highest BCUT2D eigenvalue weighted by Gasteiger charge is 2.32. The molecule has 1 aliphatic heterocycles. The Balaban J connectivity index is 2.51. The lowest BCUT2D eigenvalue weighted by Gasteiger charge is -2.21. The van der Waals surface area contributed by atoms with Crippen LogP contribution in [-0.4, -0.2) is 20.7 Å². The zero-order chi connectivity index (χ0) is 11.9. The van der Waals surface area contributed by atoms with E-state index in [1.54, 1.807) is 0 Å². The normalized spacial score (nSPS) is 19.9. The number of fused-ring (bicyclic) bond motifs is 1. The van der Waals surface area contributed by atoms with E-state index >= 15 is 0 Å². The van der Waals surface area contributed by atoms with Gasteiger partial charge in [-0.3, -0.25) is 4.31 Å². The predicted octanol–water partition coefficient (Wildman–Crippen LogP) is 2.29. The average molecular weight is 304 g/mol. The Bertz CT molecular complexity index is 513. The second kappa shape index (κ2) is 4.04. The molecule has 0 spiro atoms. The molecule has 88 valence electrons. The zero-order valence-corrected chi connectivity index (χ0v) is 11.7. The van der Waals surface area contributed by atoms with Gasteiger partial charge in [-0.2, -0.15) is 0 Å². The molecule has 0 radical (unpaired) electrons. The maximum absolute atomic E-state index is 11.7. The van der Waals surface area contributed by atoms with E-state index in [0.29, 0.717) is 0 Å². The maximum Gasteiger partial charge on any atom is 0.232 e. The van der Waals surface area contributed by atoms with E-state index in [4.69, 9.17) is 0 Å². The van der Waals surface area contributed by atoms with Gasteiger partial charge in [0.25, 0.3) is 0 Å². The molecule has 16 heavy (non-hydrogen) atoms. The summed E-state index contributed by atoms with van der Waals surface area (Å²) >= 11 is 3.40. The van der Waals surface area contributed by atoms with E-state index in [1.165, 1.54) is 16.1 Å². The highest BCUT2D eigenvalue weighted by Crippen LogP contribution is 2.34. The largest absolute Gasteiger partial charge is 0.267 e. The van der Waals surface area contributed by atoms with E-state index in [-0.39, 0.29) is 6.04 Å². The first-order valence-electron chi connectivity index (χ1n) is 5.10. The Morgan fingerprint density at radius 2 is 2.19 bits per heavy atom. The third-order valence-electron chi connectivity index (χ3n) is 2.81. The molecule has 0 aromatic heterocycles. The van der Waals surface area contributed by atoms with Crippen LogP contribution in [0.5, 0.6) is 0 Å². The van der Waals surface area contributed by atoms with Crippen molar-refractivity contribution in [1.82, 2.24) is 0 Å². The summed E-state index contributed by atoms with van der Waals surface area (Å²) in [6, 6.07) is 5.96. The Morgan fingerprint density at radius 1 is 1.50 bits per heavy atom. The van der Waals surface area contributed by atoms with Crippen molar-refractivity contribution in [1.29, 1.82) is 0 Å². The lowest BCUT2D eigenvalue weighted by atomic mass is 10.1. The van der Waals surface area contributed by atoms with Crippen LogP contribution in [0, 0.1) is 0 Å². The number of nitrogens with zero attached hydrogens (tertiary/aromatic N) is 1. The molecule has 5 heteroatoms. The molecule has 1 heterocycles. The number of rotatable bonds is 2. The average Bonchev–Trinajstić information content (AvgIpc) is 2.51. The predicted molar refractivity (Wildman–Crippen MR) is 69.6 cm³/mol. The van der Waals surface area contributed by atoms with Crippen molar-refractivity contribution >= 4 is 31.6 Å². The first-order chi connectivity index (χ1) is 7.43. The van der Waals surface area contributed by atoms with E-state index < -0.39 is 10.0 Å². The molecule has 1 aliphatic rings. The molecule has 1 atom stereocenters. The van der Waals surface area contributed by atoms with Gasteiger partial charge in [0.15, 0.2) is 0 Å². The number of benzene rings is 1. The molecule has 1 unspecified atom stereocenters. The molecule has 2 rings (SSSR count). The molecule has 0 saturated carbocycles. The molecule has 0 bridgehead atoms. The third kappa shape index (κ3) is 1.98. The minimum Gasteiger partial charge on any atom is -0.267 e. The summed E-state index contributed by atoms with van der Waals surface area (Å²) in [5.74, 6) is 0. The van der Waals surface area contributed by atoms with Crippen LogP contribution in [0.1, 0.15) is 18.1 Å². The highest BCUT2D eigenvalue weighted by atomic mass is 79.9. The van der Waals surface area contributed by atoms with Crippen molar-refractivity contribution in [2.75, 3.05) is 10.6 Å². The minimum absolute atomic E-state index is 0.0237. The van der Waals surface area contributed by atoms with Crippen LogP contribution >= 0.6 is 15.9 Å². The van der Waals surface area contributed by atoms with Crippen LogP contribution in [-0.2, 0) is 21.8 Å². The number of sulfonamides is 1. The molecule has 1 aromatic carbocycles. The number of hydrogen-bond donors (Lipinski definition) is 0. The number of alkyl halides is 1. The van der Waals surface area contributed by atoms with E-state index in [2.05, 4.69) is 22.0 Å². The zero-order valence-electron chi connectivity index (χ0n) is 9.27. The topological polar surface area (TPSA) is 37.4 Å². The molecular weight excluding hydrogens is 290 g/mol. The Hall–Kier alpha value is -0.550. The molecule has 0 saturated heterocycles. The molecule has 1 aromatic rings. The Kier molecular flexibility index (Phi) is 3.01. The van der Waals surface area contributed by atoms with Crippen LogP contribution < -0.4 is 4.31 Å². The summed E-state index contributed by atoms with van der Waals surface area (Å²) in [5.41, 5.74) is 3.14. The van der Waals surface area contributed by atoms with Crippen LogP contribution in [0.25, 0.3) is 0 Å². The maximum atomic E-state index is 11.7. The summed E-state index contributed by atoms with van der Waals surface area (Å²) in [6.07, 6.45) is 2.06. The van der Waals surface area contributed by atoms with Crippen LogP contribution in [0.3, 0.4) is 0 Å². The van der Waals surface area contributed by atoms with Crippen molar-refractivity contribution in [3.8, 4) is 0 Å². The molecular formula is C11H14BrNO2S. The van der Waals surface area contributed by atoms with Crippen molar-refractivity contribution in [3.05, 3.63) is 29.3 Å². The van der Waals surface area contributed by atoms with Crippen molar-refractivity contribution < 1.29 is 8.42 Å². The van der Waals surface area contributed by atoms with Gasteiger partial charge in [-0.15, -0.1) is 0 Å². The SMILES string of the molecule is CC1Cc2cc(CBr)ccc2N1S(C)(=O)=O. The fourth-order valence-corrected chi connectivity index (χ4v) is 3.86. The molecule has 3 nitrogen and oxygen atoms in total. The van der Waals surface area contributed by atoms with Gasteiger partial charge in [-0.25, -0.2) is 8.42 Å². The van der Waals surface area contributed by atoms with Gasteiger partial charge in [-0.1, -0.05) is 28.1 Å². The van der Waals surface area contributed by atoms with Crippen molar-refractivity contribution in [2.24, 2.45) is 0 Å². The molecule has 0 fully saturated rings. The first kappa shape index (κ1) is 11.9.